The van der Waals surface area contributed by atoms with Gasteiger partial charge in [-0.25, -0.2) is 0 Å². The number of rotatable bonds is 8. The molecule has 27 heavy (non-hydrogen) atoms. The summed E-state index contributed by atoms with van der Waals surface area (Å²) in [6.07, 6.45) is 1.94. The number of halogens is 1. The first-order chi connectivity index (χ1) is 12.6. The SMILES string of the molecule is CCCNC(=O)CNC(=NC)NCc1ccc(C)cc1OC1CCOC1.I. The molecular weight excluding hydrogens is 459 g/mol. The van der Waals surface area contributed by atoms with Crippen molar-refractivity contribution in [2.45, 2.75) is 39.3 Å². The monoisotopic (exact) mass is 490 g/mol. The summed E-state index contributed by atoms with van der Waals surface area (Å²) >= 11 is 0. The molecule has 1 unspecified atom stereocenters. The molecule has 0 spiro atoms. The molecule has 152 valence electrons. The Morgan fingerprint density at radius 1 is 1.33 bits per heavy atom. The summed E-state index contributed by atoms with van der Waals surface area (Å²) in [7, 11) is 1.68. The fourth-order valence-electron chi connectivity index (χ4n) is 2.59. The van der Waals surface area contributed by atoms with E-state index in [0.29, 0.717) is 25.7 Å². The zero-order valence-corrected chi connectivity index (χ0v) is 18.7. The molecule has 0 aromatic heterocycles. The van der Waals surface area contributed by atoms with Crippen LogP contribution in [0, 0.1) is 6.92 Å². The van der Waals surface area contributed by atoms with E-state index in [-0.39, 0.29) is 42.5 Å². The second-order valence-corrected chi connectivity index (χ2v) is 6.34. The number of ether oxygens (including phenoxy) is 2. The first-order valence-electron chi connectivity index (χ1n) is 9.17. The molecule has 0 bridgehead atoms. The third kappa shape index (κ3) is 8.34. The first kappa shape index (κ1) is 23.5. The Morgan fingerprint density at radius 3 is 2.81 bits per heavy atom. The topological polar surface area (TPSA) is 84.0 Å². The van der Waals surface area contributed by atoms with E-state index in [2.05, 4.69) is 33.1 Å². The van der Waals surface area contributed by atoms with Gasteiger partial charge < -0.3 is 25.4 Å². The molecule has 3 N–H and O–H groups in total. The van der Waals surface area contributed by atoms with Crippen LogP contribution < -0.4 is 20.7 Å². The van der Waals surface area contributed by atoms with Gasteiger partial charge in [0.1, 0.15) is 11.9 Å². The number of carbonyl (C=O) groups is 1. The Kier molecular flexibility index (Phi) is 11.1. The number of benzene rings is 1. The van der Waals surface area contributed by atoms with Crippen LogP contribution in [-0.2, 0) is 16.1 Å². The Labute approximate surface area is 178 Å². The van der Waals surface area contributed by atoms with Crippen LogP contribution >= 0.6 is 24.0 Å². The van der Waals surface area contributed by atoms with Gasteiger partial charge in [-0.05, 0) is 25.0 Å². The highest BCUT2D eigenvalue weighted by molar-refractivity contribution is 14.0. The fraction of sp³-hybridized carbons (Fsp3) is 0.579. The van der Waals surface area contributed by atoms with Crippen molar-refractivity contribution in [2.75, 3.05) is 33.4 Å². The lowest BCUT2D eigenvalue weighted by Crippen LogP contribution is -2.43. The lowest BCUT2D eigenvalue weighted by atomic mass is 10.1. The molecule has 2 rings (SSSR count). The van der Waals surface area contributed by atoms with Crippen molar-refractivity contribution >= 4 is 35.8 Å². The third-order valence-electron chi connectivity index (χ3n) is 4.06. The van der Waals surface area contributed by atoms with Gasteiger partial charge in [-0.3, -0.25) is 9.79 Å². The summed E-state index contributed by atoms with van der Waals surface area (Å²) in [5.41, 5.74) is 2.19. The maximum Gasteiger partial charge on any atom is 0.239 e. The minimum atomic E-state index is -0.0459. The number of nitrogens with one attached hydrogen (secondary N) is 3. The molecule has 1 heterocycles. The van der Waals surface area contributed by atoms with Crippen LogP contribution in [0.2, 0.25) is 0 Å². The van der Waals surface area contributed by atoms with E-state index in [9.17, 15) is 4.79 Å². The van der Waals surface area contributed by atoms with E-state index in [4.69, 9.17) is 9.47 Å². The second kappa shape index (κ2) is 12.8. The number of hydrogen-bond donors (Lipinski definition) is 3. The van der Waals surface area contributed by atoms with E-state index in [1.54, 1.807) is 7.05 Å². The van der Waals surface area contributed by atoms with Gasteiger partial charge in [-0.2, -0.15) is 0 Å². The van der Waals surface area contributed by atoms with Crippen LogP contribution in [0.4, 0.5) is 0 Å². The smallest absolute Gasteiger partial charge is 0.239 e. The minimum absolute atomic E-state index is 0. The highest BCUT2D eigenvalue weighted by atomic mass is 127. The average molecular weight is 490 g/mol. The van der Waals surface area contributed by atoms with Crippen LogP contribution in [0.25, 0.3) is 0 Å². The van der Waals surface area contributed by atoms with Gasteiger partial charge in [0, 0.05) is 32.1 Å². The summed E-state index contributed by atoms with van der Waals surface area (Å²) in [5, 5.41) is 9.07. The zero-order valence-electron chi connectivity index (χ0n) is 16.3. The molecule has 1 atom stereocenters. The molecule has 1 saturated heterocycles. The van der Waals surface area contributed by atoms with Crippen molar-refractivity contribution in [3.63, 3.8) is 0 Å². The molecule has 1 amide bonds. The highest BCUT2D eigenvalue weighted by Crippen LogP contribution is 2.23. The maximum absolute atomic E-state index is 11.7. The van der Waals surface area contributed by atoms with Gasteiger partial charge in [0.15, 0.2) is 5.96 Å². The largest absolute Gasteiger partial charge is 0.488 e. The molecule has 1 aliphatic heterocycles. The van der Waals surface area contributed by atoms with Crippen molar-refractivity contribution in [3.05, 3.63) is 29.3 Å². The lowest BCUT2D eigenvalue weighted by molar-refractivity contribution is -0.120. The highest BCUT2D eigenvalue weighted by Gasteiger charge is 2.18. The van der Waals surface area contributed by atoms with E-state index in [1.807, 2.05) is 19.9 Å². The van der Waals surface area contributed by atoms with Gasteiger partial charge in [-0.1, -0.05) is 19.1 Å². The number of carbonyl (C=O) groups excluding carboxylic acids is 1. The first-order valence-corrected chi connectivity index (χ1v) is 9.17. The molecule has 8 heteroatoms. The van der Waals surface area contributed by atoms with Crippen molar-refractivity contribution < 1.29 is 14.3 Å². The van der Waals surface area contributed by atoms with Crippen molar-refractivity contribution in [2.24, 2.45) is 4.99 Å². The summed E-state index contributed by atoms with van der Waals surface area (Å²) in [6, 6.07) is 6.15. The predicted octanol–water partition coefficient (Wildman–Crippen LogP) is 1.97. The van der Waals surface area contributed by atoms with Crippen molar-refractivity contribution in [1.82, 2.24) is 16.0 Å². The van der Waals surface area contributed by atoms with Gasteiger partial charge in [0.2, 0.25) is 5.91 Å². The van der Waals surface area contributed by atoms with Crippen molar-refractivity contribution in [3.8, 4) is 5.75 Å². The molecule has 7 nitrogen and oxygen atoms in total. The maximum atomic E-state index is 11.7. The van der Waals surface area contributed by atoms with Gasteiger partial charge in [0.05, 0.1) is 19.8 Å². The summed E-state index contributed by atoms with van der Waals surface area (Å²) in [5.74, 6) is 1.40. The fourth-order valence-corrected chi connectivity index (χ4v) is 2.59. The summed E-state index contributed by atoms with van der Waals surface area (Å²) in [4.78, 5) is 15.9. The Balaban J connectivity index is 0.00000364. The Morgan fingerprint density at radius 2 is 2.15 bits per heavy atom. The summed E-state index contributed by atoms with van der Waals surface area (Å²) < 4.78 is 11.5. The van der Waals surface area contributed by atoms with E-state index in [0.717, 1.165) is 36.3 Å². The third-order valence-corrected chi connectivity index (χ3v) is 4.06. The van der Waals surface area contributed by atoms with E-state index >= 15 is 0 Å². The zero-order chi connectivity index (χ0) is 18.8. The molecule has 0 saturated carbocycles. The van der Waals surface area contributed by atoms with Crippen LogP contribution in [0.5, 0.6) is 5.75 Å². The lowest BCUT2D eigenvalue weighted by Gasteiger charge is -2.18. The molecule has 1 aromatic carbocycles. The van der Waals surface area contributed by atoms with Gasteiger partial charge in [0.25, 0.3) is 0 Å². The number of hydrogen-bond acceptors (Lipinski definition) is 4. The van der Waals surface area contributed by atoms with Gasteiger partial charge >= 0.3 is 0 Å². The Hall–Kier alpha value is -1.55. The Bertz CT molecular complexity index is 619. The number of guanidine groups is 1. The molecule has 0 radical (unpaired) electrons. The molecule has 1 aliphatic rings. The molecule has 1 fully saturated rings. The van der Waals surface area contributed by atoms with Crippen LogP contribution in [0.3, 0.4) is 0 Å². The normalized spacial score (nSPS) is 16.4. The summed E-state index contributed by atoms with van der Waals surface area (Å²) in [6.45, 7) is 6.88. The quantitative estimate of drug-likeness (QED) is 0.295. The predicted molar refractivity (Wildman–Crippen MR) is 118 cm³/mol. The van der Waals surface area contributed by atoms with Crippen LogP contribution in [0.1, 0.15) is 30.9 Å². The molecule has 0 aliphatic carbocycles. The molecular formula is C19H31IN4O3. The molecule has 1 aromatic rings. The number of aliphatic imine (C=N–C) groups is 1. The second-order valence-electron chi connectivity index (χ2n) is 6.34. The van der Waals surface area contributed by atoms with Crippen LogP contribution in [0.15, 0.2) is 23.2 Å². The number of aryl methyl sites for hydroxylation is 1. The van der Waals surface area contributed by atoms with Crippen LogP contribution in [-0.4, -0.2) is 51.3 Å². The standard InChI is InChI=1S/C19H30N4O3.HI/c1-4-8-21-18(24)12-23-19(20-3)22-11-15-6-5-14(2)10-17(15)26-16-7-9-25-13-16;/h5-6,10,16H,4,7-9,11-13H2,1-3H3,(H,21,24)(H2,20,22,23);1H. The number of nitrogens with zero attached hydrogens (tertiary/aromatic N) is 1. The van der Waals surface area contributed by atoms with E-state index < -0.39 is 0 Å². The van der Waals surface area contributed by atoms with Crippen molar-refractivity contribution in [1.29, 1.82) is 0 Å². The van der Waals surface area contributed by atoms with E-state index in [1.165, 1.54) is 0 Å². The minimum Gasteiger partial charge on any atom is -0.488 e. The number of amides is 1. The van der Waals surface area contributed by atoms with Gasteiger partial charge in [-0.15, -0.1) is 24.0 Å². The average Bonchev–Trinajstić information content (AvgIpc) is 3.14.